The fourth-order valence-corrected chi connectivity index (χ4v) is 2.51. The number of rotatable bonds is 8. The van der Waals surface area contributed by atoms with E-state index in [9.17, 15) is 19.7 Å². The second-order valence-corrected chi connectivity index (χ2v) is 5.71. The molecule has 0 aliphatic rings. The van der Waals surface area contributed by atoms with E-state index in [1.165, 1.54) is 12.1 Å². The Labute approximate surface area is 156 Å². The second kappa shape index (κ2) is 9.33. The van der Waals surface area contributed by atoms with Gasteiger partial charge in [0.05, 0.1) is 10.5 Å². The topological polar surface area (TPSA) is 102 Å². The van der Waals surface area contributed by atoms with E-state index in [2.05, 4.69) is 5.32 Å². The van der Waals surface area contributed by atoms with Gasteiger partial charge in [-0.15, -0.1) is 0 Å². The van der Waals surface area contributed by atoms with E-state index in [-0.39, 0.29) is 17.2 Å². The average Bonchev–Trinajstić information content (AvgIpc) is 2.70. The number of likely N-dealkylation sites (N-methyl/N-ethyl adjacent to an activating group) is 1. The number of nitrogens with zero attached hydrogens (tertiary/aromatic N) is 2. The minimum atomic E-state index is -0.799. The highest BCUT2D eigenvalue weighted by Crippen LogP contribution is 2.22. The van der Waals surface area contributed by atoms with E-state index in [0.29, 0.717) is 18.8 Å². The Balaban J connectivity index is 2.04. The largest absolute Gasteiger partial charge is 0.452 e. The zero-order valence-corrected chi connectivity index (χ0v) is 15.2. The maximum absolute atomic E-state index is 12.4. The van der Waals surface area contributed by atoms with Gasteiger partial charge < -0.3 is 15.0 Å². The van der Waals surface area contributed by atoms with Crippen LogP contribution >= 0.6 is 0 Å². The second-order valence-electron chi connectivity index (χ2n) is 5.71. The Kier molecular flexibility index (Phi) is 6.87. The van der Waals surface area contributed by atoms with Crippen LogP contribution in [0.2, 0.25) is 0 Å². The number of nitro benzene ring substituents is 1. The highest BCUT2D eigenvalue weighted by atomic mass is 16.6. The summed E-state index contributed by atoms with van der Waals surface area (Å²) in [7, 11) is 1.59. The molecule has 8 heteroatoms. The van der Waals surface area contributed by atoms with Crippen molar-refractivity contribution in [2.24, 2.45) is 0 Å². The van der Waals surface area contributed by atoms with Crippen LogP contribution in [-0.4, -0.2) is 41.9 Å². The van der Waals surface area contributed by atoms with Gasteiger partial charge in [0.2, 0.25) is 0 Å². The summed E-state index contributed by atoms with van der Waals surface area (Å²) in [6.45, 7) is 2.27. The minimum Gasteiger partial charge on any atom is -0.452 e. The first-order valence-electron chi connectivity index (χ1n) is 8.41. The van der Waals surface area contributed by atoms with Crippen molar-refractivity contribution in [2.45, 2.75) is 13.5 Å². The molecule has 2 rings (SSSR count). The summed E-state index contributed by atoms with van der Waals surface area (Å²) in [4.78, 5) is 36.6. The number of anilines is 1. The van der Waals surface area contributed by atoms with Crippen molar-refractivity contribution in [1.29, 1.82) is 0 Å². The molecule has 0 saturated carbocycles. The molecule has 0 atom stereocenters. The van der Waals surface area contributed by atoms with Crippen molar-refractivity contribution < 1.29 is 19.2 Å². The van der Waals surface area contributed by atoms with Gasteiger partial charge in [0, 0.05) is 38.0 Å². The summed E-state index contributed by atoms with van der Waals surface area (Å²) in [6.07, 6.45) is 0. The molecule has 0 radical (unpaired) electrons. The fraction of sp³-hybridized carbons (Fsp3) is 0.263. The van der Waals surface area contributed by atoms with Gasteiger partial charge >= 0.3 is 5.97 Å². The number of non-ortho nitro benzene ring substituents is 1. The van der Waals surface area contributed by atoms with Gasteiger partial charge in [-0.1, -0.05) is 30.3 Å². The highest BCUT2D eigenvalue weighted by molar-refractivity contribution is 5.97. The molecule has 1 N–H and O–H groups in total. The first kappa shape index (κ1) is 19.9. The van der Waals surface area contributed by atoms with Gasteiger partial charge in [0.1, 0.15) is 0 Å². The van der Waals surface area contributed by atoms with Gasteiger partial charge in [-0.05, 0) is 18.6 Å². The lowest BCUT2D eigenvalue weighted by Gasteiger charge is -2.21. The SMILES string of the molecule is CCN(Cc1ccccc1)C(=O)COC(=O)c1cc([N+](=O)[O-])ccc1NC. The highest BCUT2D eigenvalue weighted by Gasteiger charge is 2.20. The molecule has 0 unspecified atom stereocenters. The molecule has 0 aliphatic carbocycles. The molecule has 0 aromatic heterocycles. The van der Waals surface area contributed by atoms with Gasteiger partial charge in [-0.2, -0.15) is 0 Å². The molecule has 0 bridgehead atoms. The molecule has 2 aromatic carbocycles. The molecule has 0 spiro atoms. The molecular formula is C19H21N3O5. The van der Waals surface area contributed by atoms with Crippen LogP contribution < -0.4 is 5.32 Å². The first-order chi connectivity index (χ1) is 13.0. The number of ether oxygens (including phenoxy) is 1. The quantitative estimate of drug-likeness (QED) is 0.435. The van der Waals surface area contributed by atoms with Crippen molar-refractivity contribution in [3.63, 3.8) is 0 Å². The Hall–Kier alpha value is -3.42. The zero-order valence-electron chi connectivity index (χ0n) is 15.2. The number of hydrogen-bond acceptors (Lipinski definition) is 6. The molecule has 142 valence electrons. The third kappa shape index (κ3) is 5.27. The Bertz CT molecular complexity index is 823. The Morgan fingerprint density at radius 2 is 1.89 bits per heavy atom. The maximum atomic E-state index is 12.4. The van der Waals surface area contributed by atoms with Crippen molar-refractivity contribution in [3.8, 4) is 0 Å². The molecule has 0 heterocycles. The molecular weight excluding hydrogens is 350 g/mol. The van der Waals surface area contributed by atoms with Crippen LogP contribution in [0.4, 0.5) is 11.4 Å². The summed E-state index contributed by atoms with van der Waals surface area (Å²) in [6, 6.07) is 13.3. The van der Waals surface area contributed by atoms with Crippen LogP contribution in [0.25, 0.3) is 0 Å². The number of carbonyl (C=O) groups is 2. The number of nitro groups is 1. The van der Waals surface area contributed by atoms with E-state index < -0.39 is 17.5 Å². The summed E-state index contributed by atoms with van der Waals surface area (Å²) in [5.41, 5.74) is 1.13. The minimum absolute atomic E-state index is 0.00519. The summed E-state index contributed by atoms with van der Waals surface area (Å²) in [5.74, 6) is -1.14. The van der Waals surface area contributed by atoms with Crippen LogP contribution in [0, 0.1) is 10.1 Å². The summed E-state index contributed by atoms with van der Waals surface area (Å²) in [5, 5.41) is 13.7. The van der Waals surface area contributed by atoms with Gasteiger partial charge in [-0.25, -0.2) is 4.79 Å². The van der Waals surface area contributed by atoms with E-state index in [1.54, 1.807) is 11.9 Å². The monoisotopic (exact) mass is 371 g/mol. The number of benzene rings is 2. The number of nitrogens with one attached hydrogen (secondary N) is 1. The summed E-state index contributed by atoms with van der Waals surface area (Å²) >= 11 is 0. The van der Waals surface area contributed by atoms with Gasteiger partial charge in [-0.3, -0.25) is 14.9 Å². The number of esters is 1. The Morgan fingerprint density at radius 3 is 2.48 bits per heavy atom. The predicted octanol–water partition coefficient (Wildman–Crippen LogP) is 2.84. The molecule has 2 aromatic rings. The van der Waals surface area contributed by atoms with Crippen LogP contribution in [0.15, 0.2) is 48.5 Å². The predicted molar refractivity (Wildman–Crippen MR) is 100 cm³/mol. The van der Waals surface area contributed by atoms with Crippen LogP contribution in [-0.2, 0) is 16.1 Å². The van der Waals surface area contributed by atoms with Crippen molar-refractivity contribution >= 4 is 23.3 Å². The van der Waals surface area contributed by atoms with E-state index in [1.807, 2.05) is 37.3 Å². The zero-order chi connectivity index (χ0) is 19.8. The lowest BCUT2D eigenvalue weighted by atomic mass is 10.1. The van der Waals surface area contributed by atoms with E-state index in [4.69, 9.17) is 4.74 Å². The molecule has 8 nitrogen and oxygen atoms in total. The third-order valence-electron chi connectivity index (χ3n) is 3.98. The molecule has 1 amide bonds. The van der Waals surface area contributed by atoms with Crippen LogP contribution in [0.1, 0.15) is 22.8 Å². The van der Waals surface area contributed by atoms with E-state index >= 15 is 0 Å². The molecule has 0 fully saturated rings. The smallest absolute Gasteiger partial charge is 0.341 e. The van der Waals surface area contributed by atoms with Crippen LogP contribution in [0.3, 0.4) is 0 Å². The van der Waals surface area contributed by atoms with Gasteiger partial charge in [0.15, 0.2) is 6.61 Å². The van der Waals surface area contributed by atoms with E-state index in [0.717, 1.165) is 11.6 Å². The number of carbonyl (C=O) groups excluding carboxylic acids is 2. The average molecular weight is 371 g/mol. The Morgan fingerprint density at radius 1 is 1.19 bits per heavy atom. The normalized spacial score (nSPS) is 10.1. The van der Waals surface area contributed by atoms with Crippen molar-refractivity contribution in [2.75, 3.05) is 25.5 Å². The first-order valence-corrected chi connectivity index (χ1v) is 8.41. The van der Waals surface area contributed by atoms with Crippen molar-refractivity contribution in [1.82, 2.24) is 4.90 Å². The number of hydrogen-bond donors (Lipinski definition) is 1. The summed E-state index contributed by atoms with van der Waals surface area (Å²) < 4.78 is 5.09. The fourth-order valence-electron chi connectivity index (χ4n) is 2.51. The third-order valence-corrected chi connectivity index (χ3v) is 3.98. The number of amides is 1. The molecule has 0 aliphatic heterocycles. The lowest BCUT2D eigenvalue weighted by molar-refractivity contribution is -0.384. The molecule has 0 saturated heterocycles. The molecule has 27 heavy (non-hydrogen) atoms. The lowest BCUT2D eigenvalue weighted by Crippen LogP contribution is -2.34. The van der Waals surface area contributed by atoms with Crippen LogP contribution in [0.5, 0.6) is 0 Å². The van der Waals surface area contributed by atoms with Gasteiger partial charge in [0.25, 0.3) is 11.6 Å². The standard InChI is InChI=1S/C19H21N3O5/c1-3-21(12-14-7-5-4-6-8-14)18(23)13-27-19(24)16-11-15(22(25)26)9-10-17(16)20-2/h4-11,20H,3,12-13H2,1-2H3. The maximum Gasteiger partial charge on any atom is 0.341 e. The van der Waals surface area contributed by atoms with Crippen molar-refractivity contribution in [3.05, 3.63) is 69.8 Å².